The van der Waals surface area contributed by atoms with Crippen LogP contribution in [0.15, 0.2) is 0 Å². The summed E-state index contributed by atoms with van der Waals surface area (Å²) >= 11 is 0. The third-order valence-corrected chi connectivity index (χ3v) is 5.39. The summed E-state index contributed by atoms with van der Waals surface area (Å²) in [5.74, 6) is 3.43. The summed E-state index contributed by atoms with van der Waals surface area (Å²) in [6, 6.07) is 1.94. The minimum absolute atomic E-state index is 0.918. The molecule has 1 heterocycles. The van der Waals surface area contributed by atoms with E-state index in [1.165, 1.54) is 32.2 Å². The van der Waals surface area contributed by atoms with Gasteiger partial charge in [-0.25, -0.2) is 0 Å². The van der Waals surface area contributed by atoms with Crippen LogP contribution < -0.4 is 0 Å². The van der Waals surface area contributed by atoms with E-state index in [1.54, 1.807) is 12.8 Å². The monoisotopic (exact) mass is 207 g/mol. The van der Waals surface area contributed by atoms with Gasteiger partial charge in [0, 0.05) is 18.6 Å². The van der Waals surface area contributed by atoms with Crippen LogP contribution in [0.2, 0.25) is 0 Å². The molecule has 3 fully saturated rings. The smallest absolute Gasteiger partial charge is 0.0135 e. The van der Waals surface area contributed by atoms with E-state index in [4.69, 9.17) is 0 Å². The molecule has 2 aliphatic carbocycles. The van der Waals surface area contributed by atoms with Gasteiger partial charge >= 0.3 is 0 Å². The Hall–Kier alpha value is -0.0400. The lowest BCUT2D eigenvalue weighted by Gasteiger charge is -2.54. The molecule has 5 unspecified atom stereocenters. The summed E-state index contributed by atoms with van der Waals surface area (Å²) in [6.07, 6.45) is 8.74. The molecule has 0 radical (unpaired) electrons. The van der Waals surface area contributed by atoms with Gasteiger partial charge in [0.1, 0.15) is 0 Å². The summed E-state index contributed by atoms with van der Waals surface area (Å²) in [5.41, 5.74) is 0. The topological polar surface area (TPSA) is 3.24 Å². The molecule has 1 nitrogen and oxygen atoms in total. The molecule has 1 aliphatic heterocycles. The molecule has 0 amide bonds. The highest BCUT2D eigenvalue weighted by atomic mass is 15.2. The molecule has 3 aliphatic rings. The van der Waals surface area contributed by atoms with Crippen molar-refractivity contribution in [2.75, 3.05) is 6.54 Å². The molecular weight excluding hydrogens is 182 g/mol. The van der Waals surface area contributed by atoms with Gasteiger partial charge < -0.3 is 0 Å². The molecule has 15 heavy (non-hydrogen) atoms. The molecule has 0 spiro atoms. The fraction of sp³-hybridized carbons (Fsp3) is 1.00. The van der Waals surface area contributed by atoms with Gasteiger partial charge in [-0.1, -0.05) is 26.7 Å². The lowest BCUT2D eigenvalue weighted by molar-refractivity contribution is -0.0325. The summed E-state index contributed by atoms with van der Waals surface area (Å²) in [5, 5.41) is 0. The van der Waals surface area contributed by atoms with Crippen molar-refractivity contribution in [3.63, 3.8) is 0 Å². The Labute approximate surface area is 94.2 Å². The van der Waals surface area contributed by atoms with Gasteiger partial charge in [0.15, 0.2) is 0 Å². The number of nitrogens with zero attached hydrogens (tertiary/aromatic N) is 1. The predicted molar refractivity (Wildman–Crippen MR) is 63.8 cm³/mol. The van der Waals surface area contributed by atoms with Crippen molar-refractivity contribution in [2.45, 2.75) is 64.5 Å². The zero-order valence-corrected chi connectivity index (χ0v) is 10.3. The van der Waals surface area contributed by atoms with E-state index < -0.39 is 0 Å². The molecule has 0 aromatic rings. The van der Waals surface area contributed by atoms with Gasteiger partial charge in [-0.2, -0.15) is 0 Å². The van der Waals surface area contributed by atoms with E-state index in [2.05, 4.69) is 18.7 Å². The van der Waals surface area contributed by atoms with Crippen LogP contribution in [-0.4, -0.2) is 23.5 Å². The van der Waals surface area contributed by atoms with Gasteiger partial charge in [0.25, 0.3) is 0 Å². The van der Waals surface area contributed by atoms with Gasteiger partial charge in [-0.05, 0) is 43.4 Å². The highest BCUT2D eigenvalue weighted by molar-refractivity contribution is 5.13. The van der Waals surface area contributed by atoms with E-state index in [9.17, 15) is 0 Å². The maximum absolute atomic E-state index is 2.90. The second-order valence-corrected chi connectivity index (χ2v) is 6.04. The van der Waals surface area contributed by atoms with Gasteiger partial charge in [-0.15, -0.1) is 0 Å². The molecule has 0 aromatic carbocycles. The van der Waals surface area contributed by atoms with Crippen molar-refractivity contribution in [3.05, 3.63) is 0 Å². The zero-order chi connectivity index (χ0) is 10.4. The summed E-state index contributed by atoms with van der Waals surface area (Å²) in [6.45, 7) is 6.16. The average molecular weight is 207 g/mol. The number of hydrogen-bond donors (Lipinski definition) is 0. The standard InChI is InChI=1S/C14H25N/c1-3-5-6-12(4-2)15-9-11-7-10-8-13(15)14(10)11/h10-14H,3-9H2,1-2H3. The highest BCUT2D eigenvalue weighted by Gasteiger charge is 2.61. The molecular formula is C14H25N. The first kappa shape index (κ1) is 10.1. The normalized spacial score (nSPS) is 44.4. The zero-order valence-electron chi connectivity index (χ0n) is 10.3. The summed E-state index contributed by atoms with van der Waals surface area (Å²) in [4.78, 5) is 2.90. The molecule has 3 rings (SSSR count). The van der Waals surface area contributed by atoms with Gasteiger partial charge in [0.05, 0.1) is 0 Å². The first-order chi connectivity index (χ1) is 7.35. The average Bonchev–Trinajstić information content (AvgIpc) is 2.40. The third-order valence-electron chi connectivity index (χ3n) is 5.39. The molecule has 0 bridgehead atoms. The molecule has 0 aromatic heterocycles. The van der Waals surface area contributed by atoms with Gasteiger partial charge in [0.2, 0.25) is 0 Å². The quantitative estimate of drug-likeness (QED) is 0.668. The van der Waals surface area contributed by atoms with Crippen LogP contribution in [0.5, 0.6) is 0 Å². The lowest BCUT2D eigenvalue weighted by Crippen LogP contribution is -2.54. The fourth-order valence-corrected chi connectivity index (χ4v) is 4.47. The van der Waals surface area contributed by atoms with Crippen molar-refractivity contribution in [1.82, 2.24) is 4.90 Å². The van der Waals surface area contributed by atoms with Crippen molar-refractivity contribution >= 4 is 0 Å². The molecule has 0 N–H and O–H groups in total. The number of rotatable bonds is 5. The van der Waals surface area contributed by atoms with E-state index in [0.717, 1.165) is 29.8 Å². The van der Waals surface area contributed by atoms with E-state index in [0.29, 0.717) is 0 Å². The largest absolute Gasteiger partial charge is 0.297 e. The molecule has 86 valence electrons. The van der Waals surface area contributed by atoms with Crippen LogP contribution in [0.1, 0.15) is 52.4 Å². The van der Waals surface area contributed by atoms with Crippen LogP contribution in [0.4, 0.5) is 0 Å². The van der Waals surface area contributed by atoms with Crippen LogP contribution >= 0.6 is 0 Å². The van der Waals surface area contributed by atoms with E-state index in [-0.39, 0.29) is 0 Å². The van der Waals surface area contributed by atoms with E-state index >= 15 is 0 Å². The highest BCUT2D eigenvalue weighted by Crippen LogP contribution is 2.61. The summed E-state index contributed by atoms with van der Waals surface area (Å²) in [7, 11) is 0. The van der Waals surface area contributed by atoms with Crippen molar-refractivity contribution < 1.29 is 0 Å². The Balaban J connectivity index is 1.60. The second-order valence-electron chi connectivity index (χ2n) is 6.04. The Morgan fingerprint density at radius 3 is 2.67 bits per heavy atom. The van der Waals surface area contributed by atoms with Gasteiger partial charge in [-0.3, -0.25) is 4.90 Å². The Bertz CT molecular complexity index is 237. The molecule has 2 saturated carbocycles. The Kier molecular flexibility index (Phi) is 2.54. The fourth-order valence-electron chi connectivity index (χ4n) is 4.47. The van der Waals surface area contributed by atoms with Crippen molar-refractivity contribution in [3.8, 4) is 0 Å². The lowest BCUT2D eigenvalue weighted by atomic mass is 9.53. The Morgan fingerprint density at radius 2 is 2.07 bits per heavy atom. The third kappa shape index (κ3) is 1.39. The molecule has 5 atom stereocenters. The SMILES string of the molecule is CCCCC(CC)N1CC2CC3CC1C32. The number of unbranched alkanes of at least 4 members (excludes halogenated alkanes) is 1. The van der Waals surface area contributed by atoms with Crippen LogP contribution in [0.3, 0.4) is 0 Å². The molecule has 1 saturated heterocycles. The number of likely N-dealkylation sites (tertiary alicyclic amines) is 1. The first-order valence-corrected chi connectivity index (χ1v) is 7.10. The number of hydrogen-bond acceptors (Lipinski definition) is 1. The van der Waals surface area contributed by atoms with Crippen LogP contribution in [-0.2, 0) is 0 Å². The molecule has 1 heteroatoms. The minimum Gasteiger partial charge on any atom is -0.297 e. The minimum atomic E-state index is 0.918. The Morgan fingerprint density at radius 1 is 1.20 bits per heavy atom. The van der Waals surface area contributed by atoms with E-state index in [1.807, 2.05) is 0 Å². The predicted octanol–water partition coefficient (Wildman–Crippen LogP) is 3.30. The maximum atomic E-state index is 2.90. The maximum Gasteiger partial charge on any atom is 0.0135 e. The summed E-state index contributed by atoms with van der Waals surface area (Å²) < 4.78 is 0. The second kappa shape index (κ2) is 3.76. The van der Waals surface area contributed by atoms with Crippen molar-refractivity contribution in [1.29, 1.82) is 0 Å². The first-order valence-electron chi connectivity index (χ1n) is 7.10. The van der Waals surface area contributed by atoms with Crippen LogP contribution in [0.25, 0.3) is 0 Å². The van der Waals surface area contributed by atoms with Crippen LogP contribution in [0, 0.1) is 17.8 Å². The van der Waals surface area contributed by atoms with Crippen molar-refractivity contribution in [2.24, 2.45) is 17.8 Å².